The minimum absolute atomic E-state index is 0.0317. The molecule has 1 aliphatic heterocycles. The molecule has 0 saturated carbocycles. The fourth-order valence-electron chi connectivity index (χ4n) is 3.19. The van der Waals surface area contributed by atoms with Gasteiger partial charge in [0.1, 0.15) is 11.7 Å². The summed E-state index contributed by atoms with van der Waals surface area (Å²) >= 11 is 0. The number of methoxy groups -OCH3 is 1. The summed E-state index contributed by atoms with van der Waals surface area (Å²) in [5, 5.41) is 14.5. The molecule has 0 amide bonds. The lowest BCUT2D eigenvalue weighted by Gasteiger charge is -2.28. The van der Waals surface area contributed by atoms with E-state index in [9.17, 15) is 9.59 Å². The van der Waals surface area contributed by atoms with Crippen LogP contribution < -0.4 is 5.32 Å². The van der Waals surface area contributed by atoms with Crippen LogP contribution in [0, 0.1) is 6.92 Å². The van der Waals surface area contributed by atoms with Crippen molar-refractivity contribution < 1.29 is 14.3 Å². The Morgan fingerprint density at radius 1 is 1.07 bits per heavy atom. The third kappa shape index (κ3) is 2.94. The van der Waals surface area contributed by atoms with Gasteiger partial charge in [0, 0.05) is 5.56 Å². The summed E-state index contributed by atoms with van der Waals surface area (Å²) in [6.07, 6.45) is 0. The number of tetrazole rings is 1. The Labute approximate surface area is 160 Å². The smallest absolute Gasteiger partial charge is 0.355 e. The van der Waals surface area contributed by atoms with Gasteiger partial charge >= 0.3 is 5.97 Å². The Morgan fingerprint density at radius 3 is 2.46 bits per heavy atom. The maximum absolute atomic E-state index is 13.4. The molecular weight excluding hydrogens is 358 g/mol. The monoisotopic (exact) mass is 375 g/mol. The number of carbonyl (C=O) groups is 2. The summed E-state index contributed by atoms with van der Waals surface area (Å²) in [5.74, 6) is -0.707. The molecule has 0 bridgehead atoms. The van der Waals surface area contributed by atoms with Gasteiger partial charge in [-0.2, -0.15) is 4.68 Å². The topological polar surface area (TPSA) is 99.0 Å². The van der Waals surface area contributed by atoms with E-state index in [-0.39, 0.29) is 23.0 Å². The number of hydrogen-bond acceptors (Lipinski definition) is 7. The maximum atomic E-state index is 13.4. The Bertz CT molecular complexity index is 1070. The van der Waals surface area contributed by atoms with E-state index < -0.39 is 12.0 Å². The lowest BCUT2D eigenvalue weighted by Crippen LogP contribution is -2.32. The Kier molecular flexibility index (Phi) is 4.44. The molecule has 1 N–H and O–H groups in total. The van der Waals surface area contributed by atoms with Gasteiger partial charge in [-0.3, -0.25) is 4.79 Å². The number of aromatic nitrogens is 4. The van der Waals surface area contributed by atoms with E-state index >= 15 is 0 Å². The molecule has 0 radical (unpaired) electrons. The summed E-state index contributed by atoms with van der Waals surface area (Å²) in [7, 11) is 1.26. The van der Waals surface area contributed by atoms with E-state index in [0.717, 1.165) is 11.1 Å². The van der Waals surface area contributed by atoms with E-state index in [4.69, 9.17) is 4.74 Å². The fraction of sp³-hybridized carbons (Fsp3) is 0.150. The number of Topliss-reactive ketones (excluding diaryl/α,β-unsaturated/α-hetero) is 1. The van der Waals surface area contributed by atoms with E-state index in [0.29, 0.717) is 5.56 Å². The lowest BCUT2D eigenvalue weighted by molar-refractivity contribution is -0.136. The number of aryl methyl sites for hydroxylation is 1. The van der Waals surface area contributed by atoms with Crippen LogP contribution in [0.5, 0.6) is 0 Å². The zero-order chi connectivity index (χ0) is 19.7. The van der Waals surface area contributed by atoms with Crippen LogP contribution in [0.2, 0.25) is 0 Å². The van der Waals surface area contributed by atoms with Gasteiger partial charge in [-0.15, -0.1) is 0 Å². The Balaban J connectivity index is 1.95. The molecule has 2 aromatic carbocycles. The number of rotatable bonds is 4. The van der Waals surface area contributed by atoms with Crippen molar-refractivity contribution in [2.24, 2.45) is 0 Å². The number of hydrogen-bond donors (Lipinski definition) is 1. The summed E-state index contributed by atoms with van der Waals surface area (Å²) in [5.41, 5.74) is 2.56. The fourth-order valence-corrected chi connectivity index (χ4v) is 3.19. The van der Waals surface area contributed by atoms with Gasteiger partial charge in [0.2, 0.25) is 5.95 Å². The van der Waals surface area contributed by atoms with Crippen molar-refractivity contribution in [1.82, 2.24) is 20.2 Å². The van der Waals surface area contributed by atoms with Crippen LogP contribution in [-0.2, 0) is 9.53 Å². The highest BCUT2D eigenvalue weighted by Gasteiger charge is 2.38. The van der Waals surface area contributed by atoms with Crippen LogP contribution in [-0.4, -0.2) is 39.1 Å². The number of carbonyl (C=O) groups excluding carboxylic acids is 2. The van der Waals surface area contributed by atoms with Crippen molar-refractivity contribution in [2.75, 3.05) is 12.4 Å². The second-order valence-electron chi connectivity index (χ2n) is 6.36. The average Bonchev–Trinajstić information content (AvgIpc) is 3.21. The molecule has 8 nitrogen and oxygen atoms in total. The van der Waals surface area contributed by atoms with Gasteiger partial charge < -0.3 is 10.1 Å². The minimum Gasteiger partial charge on any atom is -0.464 e. The van der Waals surface area contributed by atoms with E-state index in [1.807, 2.05) is 37.3 Å². The number of nitrogens with one attached hydrogen (secondary N) is 1. The molecule has 0 saturated heterocycles. The zero-order valence-electron chi connectivity index (χ0n) is 15.3. The SMILES string of the molecule is COC(=O)C1=C(C(=O)c2ccccc2)[C@@H](c2ccc(C)cc2)n2nnnc2N1. The van der Waals surface area contributed by atoms with Gasteiger partial charge in [0.05, 0.1) is 12.7 Å². The molecule has 2 heterocycles. The largest absolute Gasteiger partial charge is 0.464 e. The average molecular weight is 375 g/mol. The van der Waals surface area contributed by atoms with Gasteiger partial charge in [0.25, 0.3) is 0 Å². The molecule has 1 aromatic heterocycles. The molecule has 1 atom stereocenters. The van der Waals surface area contributed by atoms with Crippen LogP contribution >= 0.6 is 0 Å². The highest BCUT2D eigenvalue weighted by atomic mass is 16.5. The molecule has 4 rings (SSSR count). The second kappa shape index (κ2) is 7.07. The van der Waals surface area contributed by atoms with Crippen LogP contribution in [0.4, 0.5) is 5.95 Å². The second-order valence-corrected chi connectivity index (χ2v) is 6.36. The standard InChI is InChI=1S/C20H17N5O3/c1-12-8-10-13(11-9-12)17-15(18(26)14-6-4-3-5-7-14)16(19(27)28-2)21-20-22-23-24-25(17)20/h3-11,17H,1-2H3,(H,21,22,24)/t17-/m1/s1. The van der Waals surface area contributed by atoms with E-state index in [1.165, 1.54) is 11.8 Å². The van der Waals surface area contributed by atoms with E-state index in [2.05, 4.69) is 20.8 Å². The first-order chi connectivity index (χ1) is 13.6. The number of ketones is 1. The third-order valence-electron chi connectivity index (χ3n) is 4.58. The number of esters is 1. The maximum Gasteiger partial charge on any atom is 0.355 e. The number of benzene rings is 2. The van der Waals surface area contributed by atoms with Crippen molar-refractivity contribution in [3.63, 3.8) is 0 Å². The van der Waals surface area contributed by atoms with Crippen molar-refractivity contribution in [3.05, 3.63) is 82.6 Å². The first kappa shape index (κ1) is 17.6. The molecular formula is C20H17N5O3. The van der Waals surface area contributed by atoms with Crippen LogP contribution in [0.1, 0.15) is 27.5 Å². The highest BCUT2D eigenvalue weighted by molar-refractivity contribution is 6.14. The number of anilines is 1. The first-order valence-corrected chi connectivity index (χ1v) is 8.64. The number of fused-ring (bicyclic) bond motifs is 1. The number of nitrogens with zero attached hydrogens (tertiary/aromatic N) is 4. The normalized spacial score (nSPS) is 15.6. The third-order valence-corrected chi connectivity index (χ3v) is 4.58. The number of ether oxygens (including phenoxy) is 1. The Hall–Kier alpha value is -3.81. The van der Waals surface area contributed by atoms with E-state index in [1.54, 1.807) is 24.3 Å². The molecule has 28 heavy (non-hydrogen) atoms. The lowest BCUT2D eigenvalue weighted by atomic mass is 9.89. The van der Waals surface area contributed by atoms with Gasteiger partial charge in [0.15, 0.2) is 5.78 Å². The minimum atomic E-state index is -0.673. The molecule has 8 heteroatoms. The van der Waals surface area contributed by atoms with Crippen molar-refractivity contribution in [2.45, 2.75) is 13.0 Å². The van der Waals surface area contributed by atoms with Crippen molar-refractivity contribution in [3.8, 4) is 0 Å². The molecule has 0 unspecified atom stereocenters. The van der Waals surface area contributed by atoms with Gasteiger partial charge in [-0.05, 0) is 22.9 Å². The zero-order valence-corrected chi connectivity index (χ0v) is 15.3. The van der Waals surface area contributed by atoms with Crippen LogP contribution in [0.15, 0.2) is 65.9 Å². The Morgan fingerprint density at radius 2 is 1.79 bits per heavy atom. The highest BCUT2D eigenvalue weighted by Crippen LogP contribution is 2.36. The molecule has 0 fully saturated rings. The molecule has 0 aliphatic carbocycles. The van der Waals surface area contributed by atoms with Crippen molar-refractivity contribution in [1.29, 1.82) is 0 Å². The quantitative estimate of drug-likeness (QED) is 0.552. The van der Waals surface area contributed by atoms with Gasteiger partial charge in [-0.25, -0.2) is 4.79 Å². The molecule has 1 aliphatic rings. The first-order valence-electron chi connectivity index (χ1n) is 8.64. The predicted octanol–water partition coefficient (Wildman–Crippen LogP) is 2.31. The summed E-state index contributed by atoms with van der Waals surface area (Å²) in [4.78, 5) is 25.9. The van der Waals surface area contributed by atoms with Gasteiger partial charge in [-0.1, -0.05) is 65.3 Å². The van der Waals surface area contributed by atoms with Crippen molar-refractivity contribution >= 4 is 17.7 Å². The van der Waals surface area contributed by atoms with Crippen LogP contribution in [0.25, 0.3) is 0 Å². The molecule has 3 aromatic rings. The predicted molar refractivity (Wildman–Crippen MR) is 101 cm³/mol. The summed E-state index contributed by atoms with van der Waals surface area (Å²) in [6.45, 7) is 1.97. The number of allylic oxidation sites excluding steroid dienone is 1. The molecule has 140 valence electrons. The van der Waals surface area contributed by atoms with Crippen LogP contribution in [0.3, 0.4) is 0 Å². The molecule has 0 spiro atoms. The summed E-state index contributed by atoms with van der Waals surface area (Å²) < 4.78 is 6.40. The summed E-state index contributed by atoms with van der Waals surface area (Å²) in [6, 6.07) is 15.7.